The van der Waals surface area contributed by atoms with Crippen LogP contribution in [0, 0.1) is 0 Å². The van der Waals surface area contributed by atoms with Gasteiger partial charge in [0.15, 0.2) is 0 Å². The highest BCUT2D eigenvalue weighted by Crippen LogP contribution is 2.22. The third kappa shape index (κ3) is 3.12. The van der Waals surface area contributed by atoms with Gasteiger partial charge in [0.1, 0.15) is 0 Å². The summed E-state index contributed by atoms with van der Waals surface area (Å²) in [5, 5.41) is 8.00. The largest absolute Gasteiger partial charge is 0.310 e. The number of hydrogen-bond acceptors (Lipinski definition) is 3. The molecule has 1 saturated heterocycles. The highest BCUT2D eigenvalue weighted by atomic mass is 15.3. The summed E-state index contributed by atoms with van der Waals surface area (Å²) >= 11 is 0. The summed E-state index contributed by atoms with van der Waals surface area (Å²) < 4.78 is 1.99. The standard InChI is InChI=1S/C14H24N4/c1-17-14(6-8-15-17)7-10-18-9-2-3-13(11-18)16-12-4-5-12/h6,8,12-13,16H,2-5,7,9-11H2,1H3. The summed E-state index contributed by atoms with van der Waals surface area (Å²) in [6.45, 7) is 3.66. The van der Waals surface area contributed by atoms with Crippen LogP contribution in [0.1, 0.15) is 31.4 Å². The topological polar surface area (TPSA) is 33.1 Å². The Morgan fingerprint density at radius 3 is 2.94 bits per heavy atom. The third-order valence-electron chi connectivity index (χ3n) is 4.16. The molecule has 0 radical (unpaired) electrons. The maximum atomic E-state index is 4.23. The van der Waals surface area contributed by atoms with E-state index in [9.17, 15) is 0 Å². The maximum Gasteiger partial charge on any atom is 0.0492 e. The van der Waals surface area contributed by atoms with E-state index in [1.54, 1.807) is 0 Å². The number of hydrogen-bond donors (Lipinski definition) is 1. The van der Waals surface area contributed by atoms with Gasteiger partial charge in [-0.25, -0.2) is 0 Å². The van der Waals surface area contributed by atoms with Gasteiger partial charge in [-0.15, -0.1) is 0 Å². The minimum atomic E-state index is 0.734. The molecular formula is C14H24N4. The highest BCUT2D eigenvalue weighted by molar-refractivity contribution is 5.00. The van der Waals surface area contributed by atoms with Gasteiger partial charge in [-0.3, -0.25) is 4.68 Å². The lowest BCUT2D eigenvalue weighted by molar-refractivity contribution is 0.191. The van der Waals surface area contributed by atoms with Crippen LogP contribution < -0.4 is 5.32 Å². The fourth-order valence-corrected chi connectivity index (χ4v) is 2.90. The molecule has 1 aliphatic carbocycles. The molecule has 1 aliphatic heterocycles. The van der Waals surface area contributed by atoms with E-state index in [0.717, 1.165) is 18.5 Å². The number of likely N-dealkylation sites (tertiary alicyclic amines) is 1. The smallest absolute Gasteiger partial charge is 0.0492 e. The van der Waals surface area contributed by atoms with Crippen molar-refractivity contribution in [1.82, 2.24) is 20.0 Å². The van der Waals surface area contributed by atoms with Crippen molar-refractivity contribution in [3.63, 3.8) is 0 Å². The Balaban J connectivity index is 1.45. The Morgan fingerprint density at radius 1 is 1.33 bits per heavy atom. The second-order valence-electron chi connectivity index (χ2n) is 5.78. The zero-order valence-corrected chi connectivity index (χ0v) is 11.3. The first kappa shape index (κ1) is 12.2. The quantitative estimate of drug-likeness (QED) is 0.849. The van der Waals surface area contributed by atoms with Crippen LogP contribution in [0.2, 0.25) is 0 Å². The molecule has 1 unspecified atom stereocenters. The Hall–Kier alpha value is -0.870. The van der Waals surface area contributed by atoms with E-state index >= 15 is 0 Å². The second-order valence-corrected chi connectivity index (χ2v) is 5.78. The van der Waals surface area contributed by atoms with Gasteiger partial charge in [0.05, 0.1) is 0 Å². The van der Waals surface area contributed by atoms with Gasteiger partial charge in [0.2, 0.25) is 0 Å². The first-order valence-electron chi connectivity index (χ1n) is 7.26. The summed E-state index contributed by atoms with van der Waals surface area (Å²) in [7, 11) is 2.03. The van der Waals surface area contributed by atoms with E-state index in [2.05, 4.69) is 21.4 Å². The molecule has 1 N–H and O–H groups in total. The van der Waals surface area contributed by atoms with Crippen molar-refractivity contribution in [3.8, 4) is 0 Å². The number of nitrogens with one attached hydrogen (secondary N) is 1. The van der Waals surface area contributed by atoms with Crippen LogP contribution in [0.5, 0.6) is 0 Å². The van der Waals surface area contributed by atoms with Crippen molar-refractivity contribution in [3.05, 3.63) is 18.0 Å². The molecule has 4 nitrogen and oxygen atoms in total. The monoisotopic (exact) mass is 248 g/mol. The molecule has 3 rings (SSSR count). The molecule has 2 heterocycles. The molecule has 1 atom stereocenters. The zero-order chi connectivity index (χ0) is 12.4. The molecule has 2 aliphatic rings. The van der Waals surface area contributed by atoms with Crippen molar-refractivity contribution < 1.29 is 0 Å². The summed E-state index contributed by atoms with van der Waals surface area (Å²) in [5.41, 5.74) is 1.34. The summed E-state index contributed by atoms with van der Waals surface area (Å²) in [6.07, 6.45) is 8.50. The van der Waals surface area contributed by atoms with E-state index in [1.807, 2.05) is 17.9 Å². The Morgan fingerprint density at radius 2 is 2.22 bits per heavy atom. The molecule has 1 aromatic heterocycles. The fraction of sp³-hybridized carbons (Fsp3) is 0.786. The molecule has 18 heavy (non-hydrogen) atoms. The third-order valence-corrected chi connectivity index (χ3v) is 4.16. The van der Waals surface area contributed by atoms with E-state index in [-0.39, 0.29) is 0 Å². The number of aromatic nitrogens is 2. The lowest BCUT2D eigenvalue weighted by Crippen LogP contribution is -2.46. The van der Waals surface area contributed by atoms with Gasteiger partial charge in [0, 0.05) is 50.5 Å². The average Bonchev–Trinajstić information content (AvgIpc) is 3.09. The predicted octanol–water partition coefficient (Wildman–Crippen LogP) is 1.18. The number of aryl methyl sites for hydroxylation is 1. The lowest BCUT2D eigenvalue weighted by atomic mass is 10.1. The normalized spacial score (nSPS) is 25.5. The van der Waals surface area contributed by atoms with E-state index in [1.165, 1.54) is 51.0 Å². The first-order chi connectivity index (χ1) is 8.81. The summed E-state index contributed by atoms with van der Waals surface area (Å²) in [6, 6.07) is 3.70. The molecule has 0 spiro atoms. The van der Waals surface area contributed by atoms with Crippen LogP contribution >= 0.6 is 0 Å². The molecule has 4 heteroatoms. The molecular weight excluding hydrogens is 224 g/mol. The zero-order valence-electron chi connectivity index (χ0n) is 11.3. The first-order valence-corrected chi connectivity index (χ1v) is 7.26. The summed E-state index contributed by atoms with van der Waals surface area (Å²) in [5.74, 6) is 0. The Kier molecular flexibility index (Phi) is 3.66. The van der Waals surface area contributed by atoms with Gasteiger partial charge in [-0.2, -0.15) is 5.10 Å². The van der Waals surface area contributed by atoms with Crippen molar-refractivity contribution in [2.24, 2.45) is 7.05 Å². The number of rotatable bonds is 5. The SMILES string of the molecule is Cn1nccc1CCN1CCCC(NC2CC2)C1. The minimum absolute atomic E-state index is 0.734. The van der Waals surface area contributed by atoms with Gasteiger partial charge in [-0.05, 0) is 38.3 Å². The van der Waals surface area contributed by atoms with Crippen LogP contribution in [-0.4, -0.2) is 46.4 Å². The molecule has 0 bridgehead atoms. The molecule has 1 aromatic rings. The van der Waals surface area contributed by atoms with E-state index in [0.29, 0.717) is 0 Å². The van der Waals surface area contributed by atoms with E-state index < -0.39 is 0 Å². The van der Waals surface area contributed by atoms with Crippen molar-refractivity contribution in [1.29, 1.82) is 0 Å². The Bertz CT molecular complexity index is 383. The number of nitrogens with zero attached hydrogens (tertiary/aromatic N) is 3. The van der Waals surface area contributed by atoms with Crippen LogP contribution in [0.25, 0.3) is 0 Å². The fourth-order valence-electron chi connectivity index (χ4n) is 2.90. The van der Waals surface area contributed by atoms with Gasteiger partial charge in [-0.1, -0.05) is 0 Å². The van der Waals surface area contributed by atoms with Crippen LogP contribution in [0.3, 0.4) is 0 Å². The van der Waals surface area contributed by atoms with Crippen molar-refractivity contribution >= 4 is 0 Å². The van der Waals surface area contributed by atoms with Crippen LogP contribution in [-0.2, 0) is 13.5 Å². The van der Waals surface area contributed by atoms with Crippen molar-refractivity contribution in [2.75, 3.05) is 19.6 Å². The van der Waals surface area contributed by atoms with Gasteiger partial charge < -0.3 is 10.2 Å². The van der Waals surface area contributed by atoms with Gasteiger partial charge >= 0.3 is 0 Å². The van der Waals surface area contributed by atoms with Crippen LogP contribution in [0.4, 0.5) is 0 Å². The second kappa shape index (κ2) is 5.41. The highest BCUT2D eigenvalue weighted by Gasteiger charge is 2.27. The molecule has 0 aromatic carbocycles. The molecule has 1 saturated carbocycles. The van der Waals surface area contributed by atoms with Crippen molar-refractivity contribution in [2.45, 2.75) is 44.2 Å². The average molecular weight is 248 g/mol. The lowest BCUT2D eigenvalue weighted by Gasteiger charge is -2.33. The van der Waals surface area contributed by atoms with Crippen LogP contribution in [0.15, 0.2) is 12.3 Å². The van der Waals surface area contributed by atoms with E-state index in [4.69, 9.17) is 0 Å². The predicted molar refractivity (Wildman–Crippen MR) is 72.5 cm³/mol. The molecule has 2 fully saturated rings. The summed E-state index contributed by atoms with van der Waals surface area (Å²) in [4.78, 5) is 2.61. The Labute approximate surface area is 109 Å². The minimum Gasteiger partial charge on any atom is -0.310 e. The van der Waals surface area contributed by atoms with Gasteiger partial charge in [0.25, 0.3) is 0 Å². The number of piperidine rings is 1. The maximum absolute atomic E-state index is 4.23. The molecule has 100 valence electrons. The molecule has 0 amide bonds.